The van der Waals surface area contributed by atoms with Crippen LogP contribution >= 0.6 is 23.2 Å². The summed E-state index contributed by atoms with van der Waals surface area (Å²) in [4.78, 5) is 12.5. The molecule has 3 aromatic carbocycles. The van der Waals surface area contributed by atoms with Crippen LogP contribution in [0.4, 0.5) is 5.69 Å². The molecule has 0 N–H and O–H groups in total. The molecule has 0 aliphatic heterocycles. The SMILES string of the molecule is C=CCN(c1ccc(Cl)cc1)S(=O)(=O)c1ccc(Cl)c(C(=O)OCCOc2ccc(OC)cc2)c1. The second-order valence-electron chi connectivity index (χ2n) is 7.10. The fourth-order valence-electron chi connectivity index (χ4n) is 3.06. The Labute approximate surface area is 214 Å². The molecule has 0 radical (unpaired) electrons. The molecule has 0 bridgehead atoms. The van der Waals surface area contributed by atoms with Gasteiger partial charge in [-0.25, -0.2) is 13.2 Å². The molecule has 0 aromatic heterocycles. The van der Waals surface area contributed by atoms with Gasteiger partial charge in [0, 0.05) is 5.02 Å². The Bertz CT molecular complexity index is 1280. The summed E-state index contributed by atoms with van der Waals surface area (Å²) < 4.78 is 43.8. The molecule has 0 spiro atoms. The molecule has 0 heterocycles. The molecule has 3 rings (SSSR count). The molecule has 10 heteroatoms. The molecular formula is C25H23Cl2NO6S. The zero-order chi connectivity index (χ0) is 25.4. The normalized spacial score (nSPS) is 10.9. The summed E-state index contributed by atoms with van der Waals surface area (Å²) in [6, 6.07) is 17.1. The molecule has 0 saturated heterocycles. The Morgan fingerprint density at radius 2 is 1.63 bits per heavy atom. The summed E-state index contributed by atoms with van der Waals surface area (Å²) in [6.45, 7) is 3.68. The van der Waals surface area contributed by atoms with Crippen LogP contribution in [-0.4, -0.2) is 41.3 Å². The van der Waals surface area contributed by atoms with Crippen molar-refractivity contribution in [1.82, 2.24) is 0 Å². The third-order valence-electron chi connectivity index (χ3n) is 4.80. The van der Waals surface area contributed by atoms with Gasteiger partial charge in [-0.05, 0) is 66.7 Å². The molecule has 184 valence electrons. The maximum atomic E-state index is 13.4. The van der Waals surface area contributed by atoms with Gasteiger partial charge in [0.25, 0.3) is 10.0 Å². The zero-order valence-electron chi connectivity index (χ0n) is 18.8. The molecule has 7 nitrogen and oxygen atoms in total. The van der Waals surface area contributed by atoms with E-state index in [0.29, 0.717) is 22.2 Å². The lowest BCUT2D eigenvalue weighted by atomic mass is 10.2. The molecule has 3 aromatic rings. The first kappa shape index (κ1) is 26.4. The third kappa shape index (κ3) is 6.69. The van der Waals surface area contributed by atoms with Gasteiger partial charge in [0.2, 0.25) is 0 Å². The summed E-state index contributed by atoms with van der Waals surface area (Å²) in [6.07, 6.45) is 1.46. The number of nitrogens with zero attached hydrogens (tertiary/aromatic N) is 1. The van der Waals surface area contributed by atoms with E-state index in [2.05, 4.69) is 6.58 Å². The van der Waals surface area contributed by atoms with Crippen LogP contribution in [0, 0.1) is 0 Å². The van der Waals surface area contributed by atoms with E-state index in [4.69, 9.17) is 37.4 Å². The monoisotopic (exact) mass is 535 g/mol. The van der Waals surface area contributed by atoms with Gasteiger partial charge in [-0.3, -0.25) is 4.31 Å². The number of carbonyl (C=O) groups excluding carboxylic acids is 1. The molecule has 0 unspecified atom stereocenters. The van der Waals surface area contributed by atoms with E-state index < -0.39 is 16.0 Å². The maximum absolute atomic E-state index is 13.4. The Hall–Kier alpha value is -3.20. The average molecular weight is 536 g/mol. The van der Waals surface area contributed by atoms with Gasteiger partial charge in [-0.1, -0.05) is 29.3 Å². The van der Waals surface area contributed by atoms with Crippen molar-refractivity contribution >= 4 is 44.9 Å². The van der Waals surface area contributed by atoms with E-state index >= 15 is 0 Å². The quantitative estimate of drug-likeness (QED) is 0.180. The number of carbonyl (C=O) groups is 1. The van der Waals surface area contributed by atoms with Crippen molar-refractivity contribution in [2.24, 2.45) is 0 Å². The Morgan fingerprint density at radius 1 is 0.971 bits per heavy atom. The third-order valence-corrected chi connectivity index (χ3v) is 7.17. The van der Waals surface area contributed by atoms with Crippen LogP contribution in [0.15, 0.2) is 84.3 Å². The molecule has 0 aliphatic rings. The summed E-state index contributed by atoms with van der Waals surface area (Å²) in [5, 5.41) is 0.531. The minimum atomic E-state index is -4.05. The Balaban J connectivity index is 1.72. The molecular weight excluding hydrogens is 513 g/mol. The summed E-state index contributed by atoms with van der Waals surface area (Å²) in [5.74, 6) is 0.501. The smallest absolute Gasteiger partial charge is 0.339 e. The lowest BCUT2D eigenvalue weighted by molar-refractivity contribution is 0.0450. The zero-order valence-corrected chi connectivity index (χ0v) is 21.1. The number of benzene rings is 3. The van der Waals surface area contributed by atoms with Gasteiger partial charge in [0.05, 0.1) is 34.8 Å². The highest BCUT2D eigenvalue weighted by molar-refractivity contribution is 7.92. The van der Waals surface area contributed by atoms with Crippen molar-refractivity contribution in [2.45, 2.75) is 4.90 Å². The highest BCUT2D eigenvalue weighted by atomic mass is 35.5. The van der Waals surface area contributed by atoms with Crippen LogP contribution in [0.3, 0.4) is 0 Å². The van der Waals surface area contributed by atoms with E-state index in [-0.39, 0.29) is 35.2 Å². The van der Waals surface area contributed by atoms with E-state index in [0.717, 1.165) is 4.31 Å². The fraction of sp³-hybridized carbons (Fsp3) is 0.160. The minimum absolute atomic E-state index is 0.00900. The van der Waals surface area contributed by atoms with Crippen LogP contribution in [0.2, 0.25) is 10.0 Å². The number of anilines is 1. The van der Waals surface area contributed by atoms with E-state index in [1.807, 2.05) is 0 Å². The number of sulfonamides is 1. The first-order valence-corrected chi connectivity index (χ1v) is 12.6. The maximum Gasteiger partial charge on any atom is 0.339 e. The molecule has 0 aliphatic carbocycles. The van der Waals surface area contributed by atoms with E-state index in [1.165, 1.54) is 24.3 Å². The van der Waals surface area contributed by atoms with E-state index in [1.54, 1.807) is 55.6 Å². The van der Waals surface area contributed by atoms with Crippen LogP contribution in [0.25, 0.3) is 0 Å². The van der Waals surface area contributed by atoms with E-state index in [9.17, 15) is 13.2 Å². The highest BCUT2D eigenvalue weighted by Gasteiger charge is 2.26. The lowest BCUT2D eigenvalue weighted by Crippen LogP contribution is -2.31. The highest BCUT2D eigenvalue weighted by Crippen LogP contribution is 2.28. The standard InChI is InChI=1S/C25H23Cl2NO6S/c1-3-14-28(19-6-4-18(26)5-7-19)35(30,31)22-12-13-24(27)23(17-22)25(29)34-16-15-33-21-10-8-20(32-2)9-11-21/h3-13,17H,1,14-16H2,2H3. The lowest BCUT2D eigenvalue weighted by Gasteiger charge is -2.23. The van der Waals surface area contributed by atoms with Gasteiger partial charge in [0.1, 0.15) is 24.7 Å². The van der Waals surface area contributed by atoms with Crippen molar-refractivity contribution in [3.8, 4) is 11.5 Å². The topological polar surface area (TPSA) is 82.1 Å². The van der Waals surface area contributed by atoms with Crippen molar-refractivity contribution in [3.63, 3.8) is 0 Å². The van der Waals surface area contributed by atoms with Crippen molar-refractivity contribution < 1.29 is 27.4 Å². The molecule has 0 atom stereocenters. The van der Waals surface area contributed by atoms with Gasteiger partial charge < -0.3 is 14.2 Å². The van der Waals surface area contributed by atoms with Gasteiger partial charge in [-0.15, -0.1) is 6.58 Å². The van der Waals surface area contributed by atoms with Crippen molar-refractivity contribution in [2.75, 3.05) is 31.2 Å². The predicted octanol–water partition coefficient (Wildman–Crippen LogP) is 5.62. The second kappa shape index (κ2) is 12.0. The first-order chi connectivity index (χ1) is 16.8. The van der Waals surface area contributed by atoms with Gasteiger partial charge in [0.15, 0.2) is 0 Å². The van der Waals surface area contributed by atoms with Crippen LogP contribution in [0.5, 0.6) is 11.5 Å². The van der Waals surface area contributed by atoms with Crippen LogP contribution in [0.1, 0.15) is 10.4 Å². The van der Waals surface area contributed by atoms with Crippen molar-refractivity contribution in [3.05, 3.63) is 95.0 Å². The summed E-state index contributed by atoms with van der Waals surface area (Å²) in [7, 11) is -2.49. The Kier molecular flexibility index (Phi) is 9.03. The van der Waals surface area contributed by atoms with Crippen LogP contribution in [-0.2, 0) is 14.8 Å². The molecule has 35 heavy (non-hydrogen) atoms. The number of methoxy groups -OCH3 is 1. The predicted molar refractivity (Wildman–Crippen MR) is 136 cm³/mol. The molecule has 0 saturated carbocycles. The van der Waals surface area contributed by atoms with Gasteiger partial charge >= 0.3 is 5.97 Å². The van der Waals surface area contributed by atoms with Crippen LogP contribution < -0.4 is 13.8 Å². The number of hydrogen-bond acceptors (Lipinski definition) is 6. The minimum Gasteiger partial charge on any atom is -0.497 e. The molecule has 0 fully saturated rings. The summed E-state index contributed by atoms with van der Waals surface area (Å²) >= 11 is 12.1. The second-order valence-corrected chi connectivity index (χ2v) is 9.81. The number of halogens is 2. The average Bonchev–Trinajstić information content (AvgIpc) is 2.86. The number of rotatable bonds is 11. The molecule has 0 amide bonds. The van der Waals surface area contributed by atoms with Crippen molar-refractivity contribution in [1.29, 1.82) is 0 Å². The largest absolute Gasteiger partial charge is 0.497 e. The number of hydrogen-bond donors (Lipinski definition) is 0. The Morgan fingerprint density at radius 3 is 2.26 bits per heavy atom. The number of ether oxygens (including phenoxy) is 3. The first-order valence-electron chi connectivity index (χ1n) is 10.4. The number of esters is 1. The fourth-order valence-corrected chi connectivity index (χ4v) is 4.84. The van der Waals surface area contributed by atoms with Gasteiger partial charge in [-0.2, -0.15) is 0 Å². The summed E-state index contributed by atoms with van der Waals surface area (Å²) in [5.41, 5.74) is 0.316.